The molecule has 0 spiro atoms. The first kappa shape index (κ1) is 15.0. The van der Waals surface area contributed by atoms with E-state index in [4.69, 9.17) is 9.47 Å². The van der Waals surface area contributed by atoms with Crippen molar-refractivity contribution >= 4 is 11.9 Å². The lowest BCUT2D eigenvalue weighted by atomic mass is 10.1. The Kier molecular flexibility index (Phi) is 5.85. The second-order valence-electron chi connectivity index (χ2n) is 4.06. The number of methoxy groups -OCH3 is 1. The highest BCUT2D eigenvalue weighted by Crippen LogP contribution is 2.18. The van der Waals surface area contributed by atoms with E-state index < -0.39 is 5.97 Å². The van der Waals surface area contributed by atoms with Gasteiger partial charge in [0.1, 0.15) is 12.2 Å². The molecule has 0 saturated carbocycles. The topological polar surface area (TPSA) is 64.6 Å². The zero-order chi connectivity index (χ0) is 14.3. The summed E-state index contributed by atoms with van der Waals surface area (Å²) >= 11 is 0. The van der Waals surface area contributed by atoms with Crippen LogP contribution in [0.4, 0.5) is 0 Å². The van der Waals surface area contributed by atoms with Crippen molar-refractivity contribution in [3.8, 4) is 5.75 Å². The van der Waals surface area contributed by atoms with Gasteiger partial charge in [0, 0.05) is 6.54 Å². The van der Waals surface area contributed by atoms with Gasteiger partial charge in [-0.15, -0.1) is 0 Å². The Morgan fingerprint density at radius 3 is 2.63 bits per heavy atom. The third-order valence-corrected chi connectivity index (χ3v) is 2.56. The minimum Gasteiger partial charge on any atom is -0.496 e. The van der Waals surface area contributed by atoms with Crippen molar-refractivity contribution < 1.29 is 19.1 Å². The van der Waals surface area contributed by atoms with Crippen LogP contribution in [0.5, 0.6) is 5.75 Å². The van der Waals surface area contributed by atoms with Crippen LogP contribution in [0.3, 0.4) is 0 Å². The van der Waals surface area contributed by atoms with Gasteiger partial charge < -0.3 is 14.8 Å². The lowest BCUT2D eigenvalue weighted by Crippen LogP contribution is -2.26. The molecule has 0 heterocycles. The van der Waals surface area contributed by atoms with Gasteiger partial charge in [0.15, 0.2) is 0 Å². The molecule has 1 aromatic carbocycles. The van der Waals surface area contributed by atoms with E-state index in [1.54, 1.807) is 14.0 Å². The third-order valence-electron chi connectivity index (χ3n) is 2.56. The minimum atomic E-state index is -0.508. The second-order valence-corrected chi connectivity index (χ2v) is 4.06. The molecule has 0 aliphatic rings. The summed E-state index contributed by atoms with van der Waals surface area (Å²) in [4.78, 5) is 22.6. The normalized spacial score (nSPS) is 9.84. The number of amides is 1. The van der Waals surface area contributed by atoms with Gasteiger partial charge in [-0.25, -0.2) is 0 Å². The van der Waals surface area contributed by atoms with Crippen LogP contribution in [0.2, 0.25) is 0 Å². The highest BCUT2D eigenvalue weighted by atomic mass is 16.5. The summed E-state index contributed by atoms with van der Waals surface area (Å²) in [6.07, 6.45) is -0.247. The Labute approximate surface area is 112 Å². The van der Waals surface area contributed by atoms with Crippen molar-refractivity contribution in [2.45, 2.75) is 26.8 Å². The van der Waals surface area contributed by atoms with Gasteiger partial charge in [-0.1, -0.05) is 12.1 Å². The average Bonchev–Trinajstić information content (AvgIpc) is 2.36. The fourth-order valence-corrected chi connectivity index (χ4v) is 1.66. The van der Waals surface area contributed by atoms with Crippen molar-refractivity contribution in [1.82, 2.24) is 5.32 Å². The Bertz CT molecular complexity index is 457. The number of benzene rings is 1. The lowest BCUT2D eigenvalue weighted by molar-refractivity contribution is -0.146. The SMILES string of the molecule is CCOC(=O)CC(=O)NCc1ccc(OC)c(C)c1. The highest BCUT2D eigenvalue weighted by Gasteiger charge is 2.09. The Balaban J connectivity index is 2.46. The molecule has 19 heavy (non-hydrogen) atoms. The molecule has 5 heteroatoms. The first-order valence-corrected chi connectivity index (χ1v) is 6.12. The maximum atomic E-state index is 11.5. The number of ether oxygens (including phenoxy) is 2. The molecule has 0 unspecified atom stereocenters. The minimum absolute atomic E-state index is 0.247. The summed E-state index contributed by atoms with van der Waals surface area (Å²) in [6, 6.07) is 5.65. The first-order chi connectivity index (χ1) is 9.06. The number of aryl methyl sites for hydroxylation is 1. The van der Waals surface area contributed by atoms with Crippen LogP contribution in [0, 0.1) is 6.92 Å². The lowest BCUT2D eigenvalue weighted by Gasteiger charge is -2.08. The standard InChI is InChI=1S/C14H19NO4/c1-4-19-14(17)8-13(16)15-9-11-5-6-12(18-3)10(2)7-11/h5-7H,4,8-9H2,1-3H3,(H,15,16). The van der Waals surface area contributed by atoms with Crippen LogP contribution in [0.25, 0.3) is 0 Å². The monoisotopic (exact) mass is 265 g/mol. The molecule has 0 bridgehead atoms. The quantitative estimate of drug-likeness (QED) is 0.626. The summed E-state index contributed by atoms with van der Waals surface area (Å²) < 4.78 is 9.85. The van der Waals surface area contributed by atoms with Crippen molar-refractivity contribution in [3.63, 3.8) is 0 Å². The smallest absolute Gasteiger partial charge is 0.315 e. The van der Waals surface area contributed by atoms with Gasteiger partial charge in [0.2, 0.25) is 5.91 Å². The number of esters is 1. The Hall–Kier alpha value is -2.04. The average molecular weight is 265 g/mol. The van der Waals surface area contributed by atoms with Gasteiger partial charge in [-0.2, -0.15) is 0 Å². The summed E-state index contributed by atoms with van der Waals surface area (Å²) in [5, 5.41) is 2.67. The molecule has 0 aromatic heterocycles. The molecule has 5 nitrogen and oxygen atoms in total. The van der Waals surface area contributed by atoms with Crippen LogP contribution < -0.4 is 10.1 Å². The number of nitrogens with one attached hydrogen (secondary N) is 1. The molecule has 0 radical (unpaired) electrons. The zero-order valence-corrected chi connectivity index (χ0v) is 11.5. The summed E-state index contributed by atoms with van der Waals surface area (Å²) in [5.74, 6) is -0.0422. The molecular weight excluding hydrogens is 246 g/mol. The predicted octanol–water partition coefficient (Wildman–Crippen LogP) is 1.57. The summed E-state index contributed by atoms with van der Waals surface area (Å²) in [5.41, 5.74) is 1.95. The van der Waals surface area contributed by atoms with Crippen LogP contribution >= 0.6 is 0 Å². The van der Waals surface area contributed by atoms with Gasteiger partial charge >= 0.3 is 5.97 Å². The predicted molar refractivity (Wildman–Crippen MR) is 70.8 cm³/mol. The van der Waals surface area contributed by atoms with Crippen molar-refractivity contribution in [2.24, 2.45) is 0 Å². The van der Waals surface area contributed by atoms with E-state index >= 15 is 0 Å². The molecule has 0 atom stereocenters. The van der Waals surface area contributed by atoms with E-state index in [9.17, 15) is 9.59 Å². The number of rotatable bonds is 6. The first-order valence-electron chi connectivity index (χ1n) is 6.12. The van der Waals surface area contributed by atoms with E-state index in [0.29, 0.717) is 6.54 Å². The maximum Gasteiger partial charge on any atom is 0.315 e. The molecule has 1 aromatic rings. The van der Waals surface area contributed by atoms with E-state index in [1.165, 1.54) is 0 Å². The van der Waals surface area contributed by atoms with Gasteiger partial charge in [-0.3, -0.25) is 9.59 Å². The molecule has 1 amide bonds. The molecule has 0 saturated heterocycles. The Morgan fingerprint density at radius 1 is 1.32 bits per heavy atom. The molecule has 0 aliphatic carbocycles. The fraction of sp³-hybridized carbons (Fsp3) is 0.429. The molecule has 1 rings (SSSR count). The number of hydrogen-bond donors (Lipinski definition) is 1. The Morgan fingerprint density at radius 2 is 2.05 bits per heavy atom. The van der Waals surface area contributed by atoms with E-state index in [1.807, 2.05) is 25.1 Å². The highest BCUT2D eigenvalue weighted by molar-refractivity contribution is 5.94. The van der Waals surface area contributed by atoms with Gasteiger partial charge in [-0.05, 0) is 31.0 Å². The van der Waals surface area contributed by atoms with E-state index in [2.05, 4.69) is 5.32 Å². The molecule has 0 aliphatic heterocycles. The van der Waals surface area contributed by atoms with Crippen LogP contribution in [-0.2, 0) is 20.9 Å². The van der Waals surface area contributed by atoms with Gasteiger partial charge in [0.05, 0.1) is 13.7 Å². The van der Waals surface area contributed by atoms with Crippen molar-refractivity contribution in [3.05, 3.63) is 29.3 Å². The number of carbonyl (C=O) groups excluding carboxylic acids is 2. The zero-order valence-electron chi connectivity index (χ0n) is 11.5. The van der Waals surface area contributed by atoms with Crippen molar-refractivity contribution in [2.75, 3.05) is 13.7 Å². The largest absolute Gasteiger partial charge is 0.496 e. The van der Waals surface area contributed by atoms with Crippen LogP contribution in [-0.4, -0.2) is 25.6 Å². The molecule has 0 fully saturated rings. The van der Waals surface area contributed by atoms with E-state index in [-0.39, 0.29) is 18.9 Å². The van der Waals surface area contributed by atoms with Crippen molar-refractivity contribution in [1.29, 1.82) is 0 Å². The van der Waals surface area contributed by atoms with E-state index in [0.717, 1.165) is 16.9 Å². The van der Waals surface area contributed by atoms with Gasteiger partial charge in [0.25, 0.3) is 0 Å². The summed E-state index contributed by atoms with van der Waals surface area (Å²) in [7, 11) is 1.61. The summed E-state index contributed by atoms with van der Waals surface area (Å²) in [6.45, 7) is 4.30. The maximum absolute atomic E-state index is 11.5. The van der Waals surface area contributed by atoms with Crippen LogP contribution in [0.1, 0.15) is 24.5 Å². The third kappa shape index (κ3) is 4.99. The molecule has 104 valence electrons. The second kappa shape index (κ2) is 7.41. The number of hydrogen-bond acceptors (Lipinski definition) is 4. The molecule has 1 N–H and O–H groups in total. The molecular formula is C14H19NO4. The fourth-order valence-electron chi connectivity index (χ4n) is 1.66. The number of carbonyl (C=O) groups is 2. The van der Waals surface area contributed by atoms with Crippen LogP contribution in [0.15, 0.2) is 18.2 Å².